The molecule has 5 nitrogen and oxygen atoms in total. The van der Waals surface area contributed by atoms with Gasteiger partial charge >= 0.3 is 0 Å². The number of benzene rings is 2. The largest absolute Gasteiger partial charge is 0.487 e. The number of rotatable bonds is 6. The summed E-state index contributed by atoms with van der Waals surface area (Å²) >= 11 is 0. The van der Waals surface area contributed by atoms with Crippen LogP contribution >= 0.6 is 0 Å². The van der Waals surface area contributed by atoms with Gasteiger partial charge in [0.15, 0.2) is 0 Å². The molecular weight excluding hydrogens is 340 g/mol. The second-order valence-corrected chi connectivity index (χ2v) is 6.83. The Labute approximate surface area is 159 Å². The van der Waals surface area contributed by atoms with Crippen LogP contribution in [0.3, 0.4) is 0 Å². The number of hydrogen-bond acceptors (Lipinski definition) is 4. The van der Waals surface area contributed by atoms with Gasteiger partial charge in [-0.1, -0.05) is 17.7 Å². The zero-order valence-corrected chi connectivity index (χ0v) is 16.1. The minimum Gasteiger partial charge on any atom is -0.487 e. The molecule has 5 heteroatoms. The molecular formula is C22H24N2O3. The Bertz CT molecular complexity index is 910. The molecule has 0 saturated carbocycles. The van der Waals surface area contributed by atoms with Gasteiger partial charge < -0.3 is 14.5 Å². The van der Waals surface area contributed by atoms with Crippen LogP contribution in [0, 0.1) is 13.8 Å². The van der Waals surface area contributed by atoms with E-state index in [0.29, 0.717) is 18.1 Å². The quantitative estimate of drug-likeness (QED) is 0.690. The molecule has 1 aromatic heterocycles. The lowest BCUT2D eigenvalue weighted by atomic mass is 10.1. The summed E-state index contributed by atoms with van der Waals surface area (Å²) < 4.78 is 11.6. The van der Waals surface area contributed by atoms with Gasteiger partial charge in [0.25, 0.3) is 5.91 Å². The van der Waals surface area contributed by atoms with Crippen molar-refractivity contribution in [3.8, 4) is 17.2 Å². The van der Waals surface area contributed by atoms with Crippen molar-refractivity contribution < 1.29 is 13.9 Å². The monoisotopic (exact) mass is 364 g/mol. The second-order valence-electron chi connectivity index (χ2n) is 6.83. The number of carbonyl (C=O) groups excluding carboxylic acids is 1. The number of ether oxygens (including phenoxy) is 1. The van der Waals surface area contributed by atoms with Crippen molar-refractivity contribution in [1.82, 2.24) is 10.3 Å². The van der Waals surface area contributed by atoms with Crippen molar-refractivity contribution in [2.45, 2.75) is 40.3 Å². The second kappa shape index (κ2) is 8.08. The number of hydrogen-bond donors (Lipinski definition) is 1. The average Bonchev–Trinajstić information content (AvgIpc) is 3.01. The summed E-state index contributed by atoms with van der Waals surface area (Å²) in [6, 6.07) is 15.2. The molecule has 0 bridgehead atoms. The van der Waals surface area contributed by atoms with E-state index in [2.05, 4.69) is 10.3 Å². The standard InChI is InChI=1S/C22H24N2O3/c1-14(2)23-21(25)17-7-9-18(10-8-17)22-24-20(16(4)27-22)13-26-19-11-5-15(3)6-12-19/h5-12,14H,13H2,1-4H3,(H,23,25). The van der Waals surface area contributed by atoms with E-state index in [-0.39, 0.29) is 11.9 Å². The first-order valence-corrected chi connectivity index (χ1v) is 8.99. The zero-order valence-electron chi connectivity index (χ0n) is 16.1. The van der Waals surface area contributed by atoms with Crippen molar-refractivity contribution >= 4 is 5.91 Å². The minimum absolute atomic E-state index is 0.0904. The molecule has 0 aliphatic heterocycles. The molecule has 140 valence electrons. The molecule has 2 aromatic carbocycles. The molecule has 0 atom stereocenters. The van der Waals surface area contributed by atoms with Gasteiger partial charge in [-0.05, 0) is 64.1 Å². The molecule has 0 fully saturated rings. The molecule has 0 radical (unpaired) electrons. The lowest BCUT2D eigenvalue weighted by Gasteiger charge is -2.08. The van der Waals surface area contributed by atoms with Gasteiger partial charge in [0.05, 0.1) is 0 Å². The maximum Gasteiger partial charge on any atom is 0.251 e. The Hall–Kier alpha value is -3.08. The van der Waals surface area contributed by atoms with Crippen LogP contribution in [0.15, 0.2) is 52.9 Å². The molecule has 0 spiro atoms. The van der Waals surface area contributed by atoms with Crippen LogP contribution in [0.25, 0.3) is 11.5 Å². The highest BCUT2D eigenvalue weighted by Gasteiger charge is 2.13. The highest BCUT2D eigenvalue weighted by atomic mass is 16.5. The van der Waals surface area contributed by atoms with E-state index in [4.69, 9.17) is 9.15 Å². The Morgan fingerprint density at radius 2 is 1.74 bits per heavy atom. The van der Waals surface area contributed by atoms with Crippen LogP contribution in [0.2, 0.25) is 0 Å². The number of aromatic nitrogens is 1. The minimum atomic E-state index is -0.0904. The summed E-state index contributed by atoms with van der Waals surface area (Å²) in [6.07, 6.45) is 0. The van der Waals surface area contributed by atoms with E-state index in [1.54, 1.807) is 12.1 Å². The smallest absolute Gasteiger partial charge is 0.251 e. The fourth-order valence-corrected chi connectivity index (χ4v) is 2.58. The summed E-state index contributed by atoms with van der Waals surface area (Å²) in [5.74, 6) is 1.95. The molecule has 1 N–H and O–H groups in total. The van der Waals surface area contributed by atoms with Crippen molar-refractivity contribution in [2.24, 2.45) is 0 Å². The maximum atomic E-state index is 12.0. The fourth-order valence-electron chi connectivity index (χ4n) is 2.58. The average molecular weight is 364 g/mol. The number of amides is 1. The predicted octanol–water partition coefficient (Wildman–Crippen LogP) is 4.68. The van der Waals surface area contributed by atoms with Gasteiger partial charge in [0.1, 0.15) is 23.8 Å². The Balaban J connectivity index is 1.70. The van der Waals surface area contributed by atoms with Crippen LogP contribution in [0.5, 0.6) is 5.75 Å². The zero-order chi connectivity index (χ0) is 19.4. The molecule has 1 heterocycles. The molecule has 1 amide bonds. The van der Waals surface area contributed by atoms with Gasteiger partial charge in [0.2, 0.25) is 5.89 Å². The third-order valence-corrected chi connectivity index (χ3v) is 4.10. The molecule has 3 aromatic rings. The summed E-state index contributed by atoms with van der Waals surface area (Å²) in [6.45, 7) is 8.11. The molecule has 3 rings (SSSR count). The highest BCUT2D eigenvalue weighted by Crippen LogP contribution is 2.23. The highest BCUT2D eigenvalue weighted by molar-refractivity contribution is 5.94. The first kappa shape index (κ1) is 18.7. The molecule has 27 heavy (non-hydrogen) atoms. The van der Waals surface area contributed by atoms with Crippen molar-refractivity contribution in [1.29, 1.82) is 0 Å². The van der Waals surface area contributed by atoms with Crippen molar-refractivity contribution in [3.63, 3.8) is 0 Å². The molecule has 0 unspecified atom stereocenters. The molecule has 0 aliphatic rings. The lowest BCUT2D eigenvalue weighted by Crippen LogP contribution is -2.29. The normalized spacial score (nSPS) is 10.9. The summed E-state index contributed by atoms with van der Waals surface area (Å²) in [7, 11) is 0. The number of nitrogens with zero attached hydrogens (tertiary/aromatic N) is 1. The number of oxazole rings is 1. The van der Waals surface area contributed by atoms with Gasteiger partial charge in [-0.15, -0.1) is 0 Å². The van der Waals surface area contributed by atoms with Crippen LogP contribution in [-0.2, 0) is 6.61 Å². The van der Waals surface area contributed by atoms with Crippen LogP contribution in [0.1, 0.15) is 41.2 Å². The maximum absolute atomic E-state index is 12.0. The summed E-state index contributed by atoms with van der Waals surface area (Å²) in [4.78, 5) is 16.6. The van der Waals surface area contributed by atoms with E-state index < -0.39 is 0 Å². The van der Waals surface area contributed by atoms with Crippen molar-refractivity contribution in [3.05, 3.63) is 71.1 Å². The van der Waals surface area contributed by atoms with E-state index in [1.807, 2.05) is 64.1 Å². The SMILES string of the molecule is Cc1ccc(OCc2nc(-c3ccc(C(=O)NC(C)C)cc3)oc2C)cc1. The van der Waals surface area contributed by atoms with Crippen LogP contribution in [-0.4, -0.2) is 16.9 Å². The van der Waals surface area contributed by atoms with Gasteiger partial charge in [-0.3, -0.25) is 4.79 Å². The lowest BCUT2D eigenvalue weighted by molar-refractivity contribution is 0.0943. The van der Waals surface area contributed by atoms with E-state index in [9.17, 15) is 4.79 Å². The van der Waals surface area contributed by atoms with Gasteiger partial charge in [-0.25, -0.2) is 4.98 Å². The fraction of sp³-hybridized carbons (Fsp3) is 0.273. The summed E-state index contributed by atoms with van der Waals surface area (Å²) in [5, 5.41) is 2.87. The first-order valence-electron chi connectivity index (χ1n) is 8.99. The Morgan fingerprint density at radius 1 is 1.07 bits per heavy atom. The first-order chi connectivity index (χ1) is 12.9. The van der Waals surface area contributed by atoms with Gasteiger partial charge in [0, 0.05) is 17.2 Å². The van der Waals surface area contributed by atoms with Crippen LogP contribution < -0.4 is 10.1 Å². The Morgan fingerprint density at radius 3 is 2.37 bits per heavy atom. The number of aryl methyl sites for hydroxylation is 2. The summed E-state index contributed by atoms with van der Waals surface area (Å²) in [5.41, 5.74) is 3.37. The Kier molecular flexibility index (Phi) is 5.60. The topological polar surface area (TPSA) is 64.4 Å². The predicted molar refractivity (Wildman–Crippen MR) is 105 cm³/mol. The van der Waals surface area contributed by atoms with Gasteiger partial charge in [-0.2, -0.15) is 0 Å². The van der Waals surface area contributed by atoms with E-state index >= 15 is 0 Å². The third kappa shape index (κ3) is 4.76. The van der Waals surface area contributed by atoms with E-state index in [1.165, 1.54) is 5.56 Å². The van der Waals surface area contributed by atoms with E-state index in [0.717, 1.165) is 22.8 Å². The third-order valence-electron chi connectivity index (χ3n) is 4.10. The number of carbonyl (C=O) groups is 1. The molecule has 0 saturated heterocycles. The number of nitrogens with one attached hydrogen (secondary N) is 1. The van der Waals surface area contributed by atoms with Crippen molar-refractivity contribution in [2.75, 3.05) is 0 Å². The van der Waals surface area contributed by atoms with Crippen LogP contribution in [0.4, 0.5) is 0 Å². The molecule has 0 aliphatic carbocycles.